The van der Waals surface area contributed by atoms with Crippen LogP contribution in [0, 0.1) is 0 Å². The molecule has 0 bridgehead atoms. The first-order valence-electron chi connectivity index (χ1n) is 9.77. The lowest BCUT2D eigenvalue weighted by Gasteiger charge is -2.11. The Labute approximate surface area is 193 Å². The van der Waals surface area contributed by atoms with Gasteiger partial charge >= 0.3 is 0 Å². The van der Waals surface area contributed by atoms with Crippen molar-refractivity contribution in [2.75, 3.05) is 11.1 Å². The molecule has 2 heterocycles. The van der Waals surface area contributed by atoms with Gasteiger partial charge in [0.15, 0.2) is 11.0 Å². The molecule has 0 atom stereocenters. The summed E-state index contributed by atoms with van der Waals surface area (Å²) in [5.41, 5.74) is 3.87. The number of hydrogen-bond acceptors (Lipinski definition) is 5. The molecule has 4 rings (SSSR count). The molecule has 0 aliphatic carbocycles. The van der Waals surface area contributed by atoms with Gasteiger partial charge in [0, 0.05) is 33.8 Å². The monoisotopic (exact) mass is 493 g/mol. The Morgan fingerprint density at radius 3 is 2.39 bits per heavy atom. The van der Waals surface area contributed by atoms with Gasteiger partial charge in [-0.15, -0.1) is 10.2 Å². The predicted molar refractivity (Wildman–Crippen MR) is 127 cm³/mol. The molecular formula is C23H20BrN5OS. The summed E-state index contributed by atoms with van der Waals surface area (Å²) >= 11 is 4.75. The van der Waals surface area contributed by atoms with Crippen molar-refractivity contribution in [3.63, 3.8) is 0 Å². The number of nitrogens with one attached hydrogen (secondary N) is 1. The molecule has 2 aromatic carbocycles. The van der Waals surface area contributed by atoms with Crippen molar-refractivity contribution in [2.24, 2.45) is 0 Å². The SMILES string of the molecule is CCc1ccc(-n2c(SCC(=O)Nc3ccc(Br)cc3)nnc2-c2ccncc2)cc1. The maximum Gasteiger partial charge on any atom is 0.234 e. The molecule has 2 aromatic heterocycles. The number of benzene rings is 2. The molecule has 0 saturated heterocycles. The van der Waals surface area contributed by atoms with Crippen LogP contribution in [0.25, 0.3) is 17.1 Å². The Morgan fingerprint density at radius 1 is 1.00 bits per heavy atom. The Kier molecular flexibility index (Phi) is 6.79. The van der Waals surface area contributed by atoms with Crippen LogP contribution in [0.15, 0.2) is 82.7 Å². The highest BCUT2D eigenvalue weighted by Crippen LogP contribution is 2.28. The summed E-state index contributed by atoms with van der Waals surface area (Å²) in [5, 5.41) is 12.3. The first-order valence-corrected chi connectivity index (χ1v) is 11.5. The summed E-state index contributed by atoms with van der Waals surface area (Å²) < 4.78 is 2.94. The number of amides is 1. The normalized spacial score (nSPS) is 10.8. The summed E-state index contributed by atoms with van der Waals surface area (Å²) in [4.78, 5) is 16.6. The Bertz CT molecular complexity index is 1160. The van der Waals surface area contributed by atoms with Gasteiger partial charge in [-0.3, -0.25) is 14.3 Å². The predicted octanol–water partition coefficient (Wildman–Crippen LogP) is 5.39. The second kappa shape index (κ2) is 9.89. The second-order valence-corrected chi connectivity index (χ2v) is 8.60. The number of halogens is 1. The minimum absolute atomic E-state index is 0.103. The molecular weight excluding hydrogens is 474 g/mol. The first-order chi connectivity index (χ1) is 15.1. The van der Waals surface area contributed by atoms with E-state index in [0.29, 0.717) is 11.0 Å². The number of aryl methyl sites for hydroxylation is 1. The van der Waals surface area contributed by atoms with Gasteiger partial charge < -0.3 is 5.32 Å². The molecule has 0 aliphatic heterocycles. The van der Waals surface area contributed by atoms with Gasteiger partial charge in [0.25, 0.3) is 0 Å². The summed E-state index contributed by atoms with van der Waals surface area (Å²) in [6.45, 7) is 2.13. The van der Waals surface area contributed by atoms with Gasteiger partial charge in [-0.05, 0) is 60.5 Å². The standard InChI is InChI=1S/C23H20BrN5OS/c1-2-16-3-9-20(10-4-16)29-22(17-11-13-25-14-12-17)27-28-23(29)31-15-21(30)26-19-7-5-18(24)6-8-19/h3-14H,2,15H2,1H3,(H,26,30). The summed E-state index contributed by atoms with van der Waals surface area (Å²) in [6, 6.07) is 19.6. The zero-order valence-corrected chi connectivity index (χ0v) is 19.2. The van der Waals surface area contributed by atoms with Crippen molar-refractivity contribution in [1.29, 1.82) is 0 Å². The third-order valence-electron chi connectivity index (χ3n) is 4.64. The molecule has 0 saturated carbocycles. The Hall–Kier alpha value is -2.97. The molecule has 0 fully saturated rings. The third kappa shape index (κ3) is 5.21. The van der Waals surface area contributed by atoms with Crippen LogP contribution in [0.3, 0.4) is 0 Å². The number of rotatable bonds is 7. The zero-order chi connectivity index (χ0) is 21.6. The summed E-state index contributed by atoms with van der Waals surface area (Å²) in [6.07, 6.45) is 4.43. The zero-order valence-electron chi connectivity index (χ0n) is 16.8. The molecule has 0 radical (unpaired) electrons. The fourth-order valence-electron chi connectivity index (χ4n) is 3.03. The number of anilines is 1. The lowest BCUT2D eigenvalue weighted by molar-refractivity contribution is -0.113. The van der Waals surface area contributed by atoms with E-state index in [2.05, 4.69) is 67.6 Å². The van der Waals surface area contributed by atoms with E-state index in [1.165, 1.54) is 17.3 Å². The number of carbonyl (C=O) groups is 1. The average molecular weight is 494 g/mol. The highest BCUT2D eigenvalue weighted by atomic mass is 79.9. The van der Waals surface area contributed by atoms with Gasteiger partial charge in [0.05, 0.1) is 5.75 Å². The van der Waals surface area contributed by atoms with E-state index in [0.717, 1.165) is 27.8 Å². The quantitative estimate of drug-likeness (QED) is 0.349. The molecule has 0 aliphatic rings. The van der Waals surface area contributed by atoms with Crippen LogP contribution in [0.5, 0.6) is 0 Å². The van der Waals surface area contributed by atoms with Gasteiger partial charge in [-0.25, -0.2) is 0 Å². The Morgan fingerprint density at radius 2 is 1.71 bits per heavy atom. The van der Waals surface area contributed by atoms with Crippen LogP contribution in [-0.2, 0) is 11.2 Å². The molecule has 6 nitrogen and oxygen atoms in total. The average Bonchev–Trinajstić information content (AvgIpc) is 3.24. The molecule has 1 amide bonds. The van der Waals surface area contributed by atoms with E-state index in [9.17, 15) is 4.79 Å². The third-order valence-corrected chi connectivity index (χ3v) is 6.09. The number of aromatic nitrogens is 4. The van der Waals surface area contributed by atoms with Crippen LogP contribution in [0.1, 0.15) is 12.5 Å². The van der Waals surface area contributed by atoms with Gasteiger partial charge in [-0.2, -0.15) is 0 Å². The fourth-order valence-corrected chi connectivity index (χ4v) is 4.04. The number of hydrogen-bond donors (Lipinski definition) is 1. The van der Waals surface area contributed by atoms with Crippen LogP contribution in [0.2, 0.25) is 0 Å². The van der Waals surface area contributed by atoms with E-state index in [4.69, 9.17) is 0 Å². The minimum atomic E-state index is -0.103. The van der Waals surface area contributed by atoms with Crippen molar-refractivity contribution < 1.29 is 4.79 Å². The van der Waals surface area contributed by atoms with E-state index < -0.39 is 0 Å². The van der Waals surface area contributed by atoms with Crippen LogP contribution in [-0.4, -0.2) is 31.4 Å². The minimum Gasteiger partial charge on any atom is -0.325 e. The lowest BCUT2D eigenvalue weighted by Crippen LogP contribution is -2.14. The van der Waals surface area contributed by atoms with Crippen molar-refractivity contribution >= 4 is 39.3 Å². The van der Waals surface area contributed by atoms with E-state index in [1.54, 1.807) is 12.4 Å². The molecule has 4 aromatic rings. The highest BCUT2D eigenvalue weighted by molar-refractivity contribution is 9.10. The van der Waals surface area contributed by atoms with Crippen molar-refractivity contribution in [2.45, 2.75) is 18.5 Å². The van der Waals surface area contributed by atoms with Crippen molar-refractivity contribution in [3.05, 3.63) is 83.1 Å². The topological polar surface area (TPSA) is 72.7 Å². The highest BCUT2D eigenvalue weighted by Gasteiger charge is 2.17. The molecule has 8 heteroatoms. The van der Waals surface area contributed by atoms with E-state index in [-0.39, 0.29) is 11.7 Å². The first kappa shape index (κ1) is 21.3. The number of nitrogens with zero attached hydrogens (tertiary/aromatic N) is 4. The molecule has 1 N–H and O–H groups in total. The van der Waals surface area contributed by atoms with Crippen LogP contribution < -0.4 is 5.32 Å². The van der Waals surface area contributed by atoms with Crippen molar-refractivity contribution in [3.8, 4) is 17.1 Å². The van der Waals surface area contributed by atoms with E-state index >= 15 is 0 Å². The smallest absolute Gasteiger partial charge is 0.234 e. The van der Waals surface area contributed by atoms with Crippen LogP contribution in [0.4, 0.5) is 5.69 Å². The lowest BCUT2D eigenvalue weighted by atomic mass is 10.1. The second-order valence-electron chi connectivity index (χ2n) is 6.74. The molecule has 31 heavy (non-hydrogen) atoms. The molecule has 0 spiro atoms. The number of carbonyl (C=O) groups excluding carboxylic acids is 1. The van der Waals surface area contributed by atoms with Crippen molar-refractivity contribution in [1.82, 2.24) is 19.7 Å². The maximum atomic E-state index is 12.5. The molecule has 0 unspecified atom stereocenters. The summed E-state index contributed by atoms with van der Waals surface area (Å²) in [5.74, 6) is 0.827. The van der Waals surface area contributed by atoms with Gasteiger partial charge in [0.1, 0.15) is 0 Å². The maximum absolute atomic E-state index is 12.5. The fraction of sp³-hybridized carbons (Fsp3) is 0.130. The number of thioether (sulfide) groups is 1. The van der Waals surface area contributed by atoms with E-state index in [1.807, 2.05) is 41.0 Å². The van der Waals surface area contributed by atoms with Crippen LogP contribution >= 0.6 is 27.7 Å². The largest absolute Gasteiger partial charge is 0.325 e. The van der Waals surface area contributed by atoms with Gasteiger partial charge in [-0.1, -0.05) is 46.7 Å². The Balaban J connectivity index is 1.58. The number of pyridine rings is 1. The van der Waals surface area contributed by atoms with Gasteiger partial charge in [0.2, 0.25) is 5.91 Å². The molecule has 156 valence electrons. The summed E-state index contributed by atoms with van der Waals surface area (Å²) in [7, 11) is 0.